The third-order valence-corrected chi connectivity index (χ3v) is 3.33. The standard InChI is InChI=1S/C18H31NO/c1-14(2)11-19-12-18(5,6)13-20-17-9-7-16(8-10-17)15(3)4/h7-10,14-15,19H,11-13H2,1-6H3. The lowest BCUT2D eigenvalue weighted by molar-refractivity contribution is 0.175. The summed E-state index contributed by atoms with van der Waals surface area (Å²) >= 11 is 0. The SMILES string of the molecule is CC(C)CNCC(C)(C)COc1ccc(C(C)C)cc1. The molecule has 0 saturated carbocycles. The van der Waals surface area contributed by atoms with Crippen molar-refractivity contribution in [3.8, 4) is 5.75 Å². The van der Waals surface area contributed by atoms with Crippen molar-refractivity contribution < 1.29 is 4.74 Å². The van der Waals surface area contributed by atoms with E-state index in [0.717, 1.165) is 25.4 Å². The molecule has 0 spiro atoms. The van der Waals surface area contributed by atoms with Gasteiger partial charge >= 0.3 is 0 Å². The fraction of sp³-hybridized carbons (Fsp3) is 0.667. The minimum Gasteiger partial charge on any atom is -0.493 e. The van der Waals surface area contributed by atoms with E-state index in [1.807, 2.05) is 0 Å². The Morgan fingerprint density at radius 2 is 1.65 bits per heavy atom. The van der Waals surface area contributed by atoms with E-state index in [-0.39, 0.29) is 5.41 Å². The van der Waals surface area contributed by atoms with Gasteiger partial charge in [-0.2, -0.15) is 0 Å². The molecule has 0 amide bonds. The molecule has 2 nitrogen and oxygen atoms in total. The molecule has 0 aliphatic rings. The lowest BCUT2D eigenvalue weighted by Crippen LogP contribution is -2.35. The summed E-state index contributed by atoms with van der Waals surface area (Å²) in [7, 11) is 0. The van der Waals surface area contributed by atoms with E-state index in [0.29, 0.717) is 11.8 Å². The van der Waals surface area contributed by atoms with Gasteiger partial charge in [-0.1, -0.05) is 53.7 Å². The van der Waals surface area contributed by atoms with Gasteiger partial charge in [0.05, 0.1) is 6.61 Å². The molecule has 0 fully saturated rings. The molecule has 0 radical (unpaired) electrons. The van der Waals surface area contributed by atoms with Crippen LogP contribution in [0.2, 0.25) is 0 Å². The third-order valence-electron chi connectivity index (χ3n) is 3.33. The summed E-state index contributed by atoms with van der Waals surface area (Å²) in [5, 5.41) is 3.51. The quantitative estimate of drug-likeness (QED) is 0.757. The molecule has 0 aliphatic heterocycles. The number of nitrogens with one attached hydrogen (secondary N) is 1. The normalized spacial score (nSPS) is 12.2. The summed E-state index contributed by atoms with van der Waals surface area (Å²) in [4.78, 5) is 0. The largest absolute Gasteiger partial charge is 0.493 e. The summed E-state index contributed by atoms with van der Waals surface area (Å²) in [5.41, 5.74) is 1.50. The van der Waals surface area contributed by atoms with Crippen molar-refractivity contribution in [2.24, 2.45) is 11.3 Å². The van der Waals surface area contributed by atoms with E-state index in [9.17, 15) is 0 Å². The van der Waals surface area contributed by atoms with Gasteiger partial charge in [0.25, 0.3) is 0 Å². The summed E-state index contributed by atoms with van der Waals surface area (Å²) in [5.74, 6) is 2.22. The summed E-state index contributed by atoms with van der Waals surface area (Å²) in [6.45, 7) is 16.1. The number of rotatable bonds is 8. The van der Waals surface area contributed by atoms with Crippen molar-refractivity contribution in [3.05, 3.63) is 29.8 Å². The maximum Gasteiger partial charge on any atom is 0.119 e. The molecule has 114 valence electrons. The first kappa shape index (κ1) is 17.0. The van der Waals surface area contributed by atoms with Crippen LogP contribution in [0.25, 0.3) is 0 Å². The Bertz CT molecular complexity index is 379. The van der Waals surface area contributed by atoms with Crippen molar-refractivity contribution in [2.45, 2.75) is 47.5 Å². The molecule has 0 aromatic heterocycles. The molecule has 0 bridgehead atoms. The van der Waals surface area contributed by atoms with Gasteiger partial charge in [-0.05, 0) is 36.1 Å². The van der Waals surface area contributed by atoms with Gasteiger partial charge in [0.1, 0.15) is 5.75 Å². The van der Waals surface area contributed by atoms with Gasteiger partial charge in [0.2, 0.25) is 0 Å². The van der Waals surface area contributed by atoms with Crippen LogP contribution in [-0.4, -0.2) is 19.7 Å². The van der Waals surface area contributed by atoms with Crippen molar-refractivity contribution in [1.29, 1.82) is 0 Å². The van der Waals surface area contributed by atoms with E-state index in [2.05, 4.69) is 71.1 Å². The Hall–Kier alpha value is -1.02. The van der Waals surface area contributed by atoms with Crippen molar-refractivity contribution in [1.82, 2.24) is 5.32 Å². The number of hydrogen-bond donors (Lipinski definition) is 1. The van der Waals surface area contributed by atoms with Crippen molar-refractivity contribution >= 4 is 0 Å². The first-order valence-corrected chi connectivity index (χ1v) is 7.73. The molecule has 0 heterocycles. The van der Waals surface area contributed by atoms with Crippen LogP contribution in [0.3, 0.4) is 0 Å². The van der Waals surface area contributed by atoms with Crippen LogP contribution in [0.15, 0.2) is 24.3 Å². The molecule has 2 heteroatoms. The first-order chi connectivity index (χ1) is 9.30. The zero-order valence-corrected chi connectivity index (χ0v) is 14.0. The molecule has 1 N–H and O–H groups in total. The number of hydrogen-bond acceptors (Lipinski definition) is 2. The molecule has 1 rings (SSSR count). The average molecular weight is 277 g/mol. The van der Waals surface area contributed by atoms with E-state index in [4.69, 9.17) is 4.74 Å². The van der Waals surface area contributed by atoms with Crippen LogP contribution in [-0.2, 0) is 0 Å². The molecule has 1 aromatic rings. The highest BCUT2D eigenvalue weighted by atomic mass is 16.5. The predicted octanol–water partition coefficient (Wildman–Crippen LogP) is 4.46. The highest BCUT2D eigenvalue weighted by Crippen LogP contribution is 2.21. The fourth-order valence-electron chi connectivity index (χ4n) is 1.98. The van der Waals surface area contributed by atoms with Crippen LogP contribution in [0, 0.1) is 11.3 Å². The second-order valence-corrected chi connectivity index (χ2v) is 7.20. The van der Waals surface area contributed by atoms with E-state index in [1.165, 1.54) is 5.56 Å². The van der Waals surface area contributed by atoms with Gasteiger partial charge in [0.15, 0.2) is 0 Å². The molecule has 0 unspecified atom stereocenters. The smallest absolute Gasteiger partial charge is 0.119 e. The van der Waals surface area contributed by atoms with Crippen LogP contribution < -0.4 is 10.1 Å². The number of ether oxygens (including phenoxy) is 1. The fourth-order valence-corrected chi connectivity index (χ4v) is 1.98. The Kier molecular flexibility index (Phi) is 6.54. The number of benzene rings is 1. The lowest BCUT2D eigenvalue weighted by atomic mass is 9.94. The van der Waals surface area contributed by atoms with Crippen molar-refractivity contribution in [2.75, 3.05) is 19.7 Å². The Balaban J connectivity index is 2.40. The van der Waals surface area contributed by atoms with Gasteiger partial charge in [-0.15, -0.1) is 0 Å². The van der Waals surface area contributed by atoms with E-state index < -0.39 is 0 Å². The van der Waals surface area contributed by atoms with Gasteiger partial charge in [0, 0.05) is 12.0 Å². The predicted molar refractivity (Wildman–Crippen MR) is 87.5 cm³/mol. The first-order valence-electron chi connectivity index (χ1n) is 7.73. The average Bonchev–Trinajstić information content (AvgIpc) is 2.36. The maximum atomic E-state index is 5.92. The van der Waals surface area contributed by atoms with E-state index >= 15 is 0 Å². The highest BCUT2D eigenvalue weighted by Gasteiger charge is 2.18. The maximum absolute atomic E-state index is 5.92. The summed E-state index contributed by atoms with van der Waals surface area (Å²) in [6, 6.07) is 8.47. The Morgan fingerprint density at radius 3 is 2.15 bits per heavy atom. The van der Waals surface area contributed by atoms with Crippen LogP contribution >= 0.6 is 0 Å². The third kappa shape index (κ3) is 6.42. The van der Waals surface area contributed by atoms with Gasteiger partial charge < -0.3 is 10.1 Å². The highest BCUT2D eigenvalue weighted by molar-refractivity contribution is 5.28. The topological polar surface area (TPSA) is 21.3 Å². The molecule has 1 aromatic carbocycles. The molecular formula is C18H31NO. The molecule has 20 heavy (non-hydrogen) atoms. The summed E-state index contributed by atoms with van der Waals surface area (Å²) in [6.07, 6.45) is 0. The summed E-state index contributed by atoms with van der Waals surface area (Å²) < 4.78 is 5.92. The molecule has 0 atom stereocenters. The van der Waals surface area contributed by atoms with Gasteiger partial charge in [-0.3, -0.25) is 0 Å². The lowest BCUT2D eigenvalue weighted by Gasteiger charge is -2.25. The molecule has 0 saturated heterocycles. The minimum atomic E-state index is 0.144. The van der Waals surface area contributed by atoms with Crippen molar-refractivity contribution in [3.63, 3.8) is 0 Å². The zero-order chi connectivity index (χ0) is 15.2. The minimum absolute atomic E-state index is 0.144. The van der Waals surface area contributed by atoms with Crippen LogP contribution in [0.4, 0.5) is 0 Å². The second kappa shape index (κ2) is 7.68. The van der Waals surface area contributed by atoms with Crippen LogP contribution in [0.1, 0.15) is 53.0 Å². The second-order valence-electron chi connectivity index (χ2n) is 7.20. The zero-order valence-electron chi connectivity index (χ0n) is 14.0. The molecule has 0 aliphatic carbocycles. The Labute approximate surface area is 124 Å². The van der Waals surface area contributed by atoms with Gasteiger partial charge in [-0.25, -0.2) is 0 Å². The monoisotopic (exact) mass is 277 g/mol. The van der Waals surface area contributed by atoms with E-state index in [1.54, 1.807) is 0 Å². The Morgan fingerprint density at radius 1 is 1.05 bits per heavy atom. The molecular weight excluding hydrogens is 246 g/mol. The van der Waals surface area contributed by atoms with Crippen LogP contribution in [0.5, 0.6) is 5.75 Å².